The number of anilines is 2. The molecule has 0 saturated heterocycles. The molecule has 0 aliphatic carbocycles. The van der Waals surface area contributed by atoms with Crippen molar-refractivity contribution in [2.75, 3.05) is 4.81 Å². The molecule has 6 aromatic rings. The highest BCUT2D eigenvalue weighted by atomic mass is 15.1. The van der Waals surface area contributed by atoms with E-state index in [4.69, 9.17) is 0 Å². The molecule has 5 aromatic carbocycles. The van der Waals surface area contributed by atoms with Crippen LogP contribution in [0, 0.1) is 0 Å². The summed E-state index contributed by atoms with van der Waals surface area (Å²) in [6.07, 6.45) is 0. The highest BCUT2D eigenvalue weighted by molar-refractivity contribution is 6.95. The third-order valence-corrected chi connectivity index (χ3v) is 7.91. The molecule has 0 unspecified atom stereocenters. The fraction of sp³-hybridized carbons (Fsp3) is 0. The fourth-order valence-corrected chi connectivity index (χ4v) is 6.75. The fourth-order valence-electron chi connectivity index (χ4n) is 6.75. The van der Waals surface area contributed by atoms with Gasteiger partial charge in [-0.1, -0.05) is 78.9 Å². The maximum Gasteiger partial charge on any atom is 0.333 e. The molecule has 3 aliphatic rings. The third kappa shape index (κ3) is 1.71. The number of para-hydroxylation sites is 3. The van der Waals surface area contributed by atoms with Crippen LogP contribution in [0.2, 0.25) is 0 Å². The summed E-state index contributed by atoms with van der Waals surface area (Å²) in [6.45, 7) is 0.177. The number of rotatable bonds is 0. The summed E-state index contributed by atoms with van der Waals surface area (Å²) in [5.41, 5.74) is 14.8. The van der Waals surface area contributed by atoms with Crippen LogP contribution in [0.5, 0.6) is 0 Å². The van der Waals surface area contributed by atoms with E-state index in [1.165, 1.54) is 72.0 Å². The lowest BCUT2D eigenvalue weighted by atomic mass is 9.41. The number of fused-ring (bicyclic) bond motifs is 10. The number of hydrogen-bond acceptors (Lipinski definition) is 1. The summed E-state index contributed by atoms with van der Waals surface area (Å²) in [5, 5.41) is 2.67. The molecule has 4 heterocycles. The van der Waals surface area contributed by atoms with Crippen LogP contribution in [-0.2, 0) is 0 Å². The average molecular weight is 416 g/mol. The minimum Gasteiger partial charge on any atom is -0.376 e. The first kappa shape index (κ1) is 16.4. The lowest BCUT2D eigenvalue weighted by Crippen LogP contribution is -2.62. The van der Waals surface area contributed by atoms with Crippen molar-refractivity contribution in [1.82, 2.24) is 4.57 Å². The molecule has 0 atom stereocenters. The van der Waals surface area contributed by atoms with Crippen LogP contribution in [0.4, 0.5) is 11.4 Å². The summed E-state index contributed by atoms with van der Waals surface area (Å²) in [5.74, 6) is 0. The number of aromatic nitrogens is 1. The van der Waals surface area contributed by atoms with Crippen LogP contribution in [0.3, 0.4) is 0 Å². The predicted molar refractivity (Wildman–Crippen MR) is 139 cm³/mol. The molecule has 0 amide bonds. The zero-order chi connectivity index (χ0) is 21.3. The van der Waals surface area contributed by atoms with Gasteiger partial charge < -0.3 is 9.38 Å². The van der Waals surface area contributed by atoms with E-state index < -0.39 is 0 Å². The third-order valence-electron chi connectivity index (χ3n) is 7.91. The minimum absolute atomic E-state index is 0.177. The first-order valence-electron chi connectivity index (χ1n) is 11.6. The van der Waals surface area contributed by atoms with Gasteiger partial charge in [0.2, 0.25) is 0 Å². The van der Waals surface area contributed by atoms with Crippen molar-refractivity contribution >= 4 is 51.0 Å². The average Bonchev–Trinajstić information content (AvgIpc) is 3.23. The molecule has 3 aliphatic heterocycles. The standard InChI is InChI=1S/C30H17BN2/c1-4-12-24-20(10-1)23-17-16-22-19-9-3-6-14-26(19)33-25-13-5-2-8-18(25)21-11-7-15-27-28(21)31(33)29(22)30(23)32(24)27/h1-17H. The molecule has 3 heteroatoms. The molecule has 0 spiro atoms. The van der Waals surface area contributed by atoms with Gasteiger partial charge in [0.05, 0.1) is 11.0 Å². The molecule has 0 radical (unpaired) electrons. The van der Waals surface area contributed by atoms with Gasteiger partial charge in [-0.3, -0.25) is 0 Å². The van der Waals surface area contributed by atoms with Gasteiger partial charge in [-0.2, -0.15) is 0 Å². The maximum atomic E-state index is 2.60. The molecule has 9 rings (SSSR count). The quantitative estimate of drug-likeness (QED) is 0.276. The minimum atomic E-state index is 0.177. The van der Waals surface area contributed by atoms with Crippen molar-refractivity contribution < 1.29 is 0 Å². The van der Waals surface area contributed by atoms with Crippen molar-refractivity contribution in [1.29, 1.82) is 0 Å². The van der Waals surface area contributed by atoms with Gasteiger partial charge in [0.1, 0.15) is 0 Å². The number of benzene rings is 5. The van der Waals surface area contributed by atoms with E-state index in [-0.39, 0.29) is 6.85 Å². The number of hydrogen-bond donors (Lipinski definition) is 0. The maximum absolute atomic E-state index is 2.60. The monoisotopic (exact) mass is 416 g/mol. The molecule has 0 bridgehead atoms. The first-order valence-corrected chi connectivity index (χ1v) is 11.6. The first-order chi connectivity index (χ1) is 16.4. The van der Waals surface area contributed by atoms with Gasteiger partial charge in [-0.05, 0) is 46.3 Å². The highest BCUT2D eigenvalue weighted by Gasteiger charge is 2.47. The van der Waals surface area contributed by atoms with Crippen LogP contribution < -0.4 is 15.7 Å². The van der Waals surface area contributed by atoms with Crippen molar-refractivity contribution in [2.45, 2.75) is 0 Å². The molecule has 1 aromatic heterocycles. The van der Waals surface area contributed by atoms with Crippen LogP contribution in [-0.4, -0.2) is 11.4 Å². The van der Waals surface area contributed by atoms with E-state index in [0.29, 0.717) is 0 Å². The van der Waals surface area contributed by atoms with E-state index >= 15 is 0 Å². The second-order valence-corrected chi connectivity index (χ2v) is 9.32. The van der Waals surface area contributed by atoms with E-state index in [9.17, 15) is 0 Å². The van der Waals surface area contributed by atoms with Crippen LogP contribution in [0.15, 0.2) is 103 Å². The Morgan fingerprint density at radius 1 is 0.455 bits per heavy atom. The van der Waals surface area contributed by atoms with E-state index in [2.05, 4.69) is 113 Å². The van der Waals surface area contributed by atoms with Crippen LogP contribution in [0.1, 0.15) is 0 Å². The SMILES string of the molecule is c1ccc2c(c1)-c1cccc3c1B1c4c(ccc5c6ccccc6n-3c45)-c3ccccc3N12. The lowest BCUT2D eigenvalue weighted by Gasteiger charge is -2.46. The van der Waals surface area contributed by atoms with E-state index in [0.717, 1.165) is 0 Å². The summed E-state index contributed by atoms with van der Waals surface area (Å²) >= 11 is 0. The van der Waals surface area contributed by atoms with Gasteiger partial charge in [-0.25, -0.2) is 0 Å². The Labute approximate surface area is 191 Å². The Hall–Kier alpha value is -4.24. The van der Waals surface area contributed by atoms with Crippen LogP contribution >= 0.6 is 0 Å². The number of nitrogens with zero attached hydrogens (tertiary/aromatic N) is 2. The molecule has 0 fully saturated rings. The zero-order valence-corrected chi connectivity index (χ0v) is 17.8. The van der Waals surface area contributed by atoms with Crippen molar-refractivity contribution in [3.05, 3.63) is 103 Å². The lowest BCUT2D eigenvalue weighted by molar-refractivity contribution is 1.18. The zero-order valence-electron chi connectivity index (χ0n) is 17.8. The molecule has 150 valence electrons. The second-order valence-electron chi connectivity index (χ2n) is 9.32. The van der Waals surface area contributed by atoms with Gasteiger partial charge in [0.15, 0.2) is 0 Å². The Kier molecular flexibility index (Phi) is 2.68. The summed E-state index contributed by atoms with van der Waals surface area (Å²) < 4.78 is 2.53. The van der Waals surface area contributed by atoms with Gasteiger partial charge in [0, 0.05) is 39.0 Å². The Morgan fingerprint density at radius 3 is 1.91 bits per heavy atom. The smallest absolute Gasteiger partial charge is 0.333 e. The van der Waals surface area contributed by atoms with Crippen LogP contribution in [0.25, 0.3) is 49.7 Å². The largest absolute Gasteiger partial charge is 0.376 e. The molecule has 2 nitrogen and oxygen atoms in total. The van der Waals surface area contributed by atoms with E-state index in [1.807, 2.05) is 0 Å². The van der Waals surface area contributed by atoms with Gasteiger partial charge in [-0.15, -0.1) is 0 Å². The molecular weight excluding hydrogens is 399 g/mol. The topological polar surface area (TPSA) is 8.17 Å². The molecular formula is C30H17BN2. The Morgan fingerprint density at radius 2 is 1.09 bits per heavy atom. The molecule has 0 N–H and O–H groups in total. The summed E-state index contributed by atoms with van der Waals surface area (Å²) in [6, 6.07) is 38.2. The van der Waals surface area contributed by atoms with Crippen molar-refractivity contribution in [3.63, 3.8) is 0 Å². The Bertz CT molecular complexity index is 1840. The summed E-state index contributed by atoms with van der Waals surface area (Å²) in [7, 11) is 0. The van der Waals surface area contributed by atoms with Gasteiger partial charge >= 0.3 is 6.85 Å². The normalized spacial score (nSPS) is 13.9. The van der Waals surface area contributed by atoms with Crippen molar-refractivity contribution in [2.24, 2.45) is 0 Å². The van der Waals surface area contributed by atoms with E-state index in [1.54, 1.807) is 0 Å². The molecule has 0 saturated carbocycles. The summed E-state index contributed by atoms with van der Waals surface area (Å²) in [4.78, 5) is 2.60. The Balaban J connectivity index is 1.61. The molecule has 33 heavy (non-hydrogen) atoms. The second kappa shape index (κ2) is 5.39. The van der Waals surface area contributed by atoms with Crippen molar-refractivity contribution in [3.8, 4) is 27.9 Å². The predicted octanol–water partition coefficient (Wildman–Crippen LogP) is 6.00. The highest BCUT2D eigenvalue weighted by Crippen LogP contribution is 2.49. The van der Waals surface area contributed by atoms with Gasteiger partial charge in [0.25, 0.3) is 0 Å².